The fraction of sp³-hybridized carbons (Fsp3) is 0.895. The van der Waals surface area contributed by atoms with E-state index in [0.717, 1.165) is 64.7 Å². The van der Waals surface area contributed by atoms with Crippen LogP contribution in [0, 0.1) is 23.7 Å². The van der Waals surface area contributed by atoms with Gasteiger partial charge >= 0.3 is 0 Å². The SMILES string of the molecule is CC1CCCN(C(=O)C2CCN(C(=O)[C@@H]3CCC[C@@H]3CN)CC2)C1.Cl. The summed E-state index contributed by atoms with van der Waals surface area (Å²) in [4.78, 5) is 29.6. The Kier molecular flexibility index (Phi) is 7.56. The molecule has 0 spiro atoms. The van der Waals surface area contributed by atoms with Crippen molar-refractivity contribution in [3.8, 4) is 0 Å². The Labute approximate surface area is 158 Å². The van der Waals surface area contributed by atoms with Gasteiger partial charge in [-0.3, -0.25) is 9.59 Å². The maximum absolute atomic E-state index is 12.8. The van der Waals surface area contributed by atoms with Crippen molar-refractivity contribution >= 4 is 24.2 Å². The maximum atomic E-state index is 12.8. The van der Waals surface area contributed by atoms with Crippen LogP contribution in [-0.4, -0.2) is 54.3 Å². The van der Waals surface area contributed by atoms with E-state index in [1.807, 2.05) is 4.90 Å². The van der Waals surface area contributed by atoms with Gasteiger partial charge in [-0.15, -0.1) is 12.4 Å². The zero-order valence-corrected chi connectivity index (χ0v) is 16.3. The third kappa shape index (κ3) is 4.68. The number of carbonyl (C=O) groups is 2. The number of carbonyl (C=O) groups excluding carboxylic acids is 2. The zero-order valence-electron chi connectivity index (χ0n) is 15.5. The third-order valence-corrected chi connectivity index (χ3v) is 6.40. The first kappa shape index (κ1) is 20.5. The van der Waals surface area contributed by atoms with E-state index in [2.05, 4.69) is 11.8 Å². The molecule has 1 aliphatic carbocycles. The molecule has 144 valence electrons. The molecule has 3 atom stereocenters. The third-order valence-electron chi connectivity index (χ3n) is 6.40. The Balaban J connectivity index is 0.00000225. The number of rotatable bonds is 3. The lowest BCUT2D eigenvalue weighted by Crippen LogP contribution is -2.48. The van der Waals surface area contributed by atoms with Gasteiger partial charge in [0.05, 0.1) is 0 Å². The molecule has 0 aromatic rings. The Hall–Kier alpha value is -0.810. The van der Waals surface area contributed by atoms with E-state index in [4.69, 9.17) is 5.73 Å². The maximum Gasteiger partial charge on any atom is 0.226 e. The van der Waals surface area contributed by atoms with Crippen LogP contribution in [0.15, 0.2) is 0 Å². The smallest absolute Gasteiger partial charge is 0.226 e. The Morgan fingerprint density at radius 1 is 0.920 bits per heavy atom. The summed E-state index contributed by atoms with van der Waals surface area (Å²) in [5, 5.41) is 0. The van der Waals surface area contributed by atoms with Gasteiger partial charge in [-0.1, -0.05) is 13.3 Å². The molecule has 2 heterocycles. The highest BCUT2D eigenvalue weighted by Gasteiger charge is 2.37. The average molecular weight is 372 g/mol. The largest absolute Gasteiger partial charge is 0.342 e. The summed E-state index contributed by atoms with van der Waals surface area (Å²) in [7, 11) is 0. The van der Waals surface area contributed by atoms with E-state index < -0.39 is 0 Å². The molecule has 2 aliphatic heterocycles. The number of hydrogen-bond acceptors (Lipinski definition) is 3. The molecule has 2 amide bonds. The van der Waals surface area contributed by atoms with Crippen molar-refractivity contribution in [1.29, 1.82) is 0 Å². The van der Waals surface area contributed by atoms with Crippen molar-refractivity contribution in [2.45, 2.75) is 51.9 Å². The molecule has 25 heavy (non-hydrogen) atoms. The lowest BCUT2D eigenvalue weighted by molar-refractivity contribution is -0.144. The fourth-order valence-electron chi connectivity index (χ4n) is 4.87. The van der Waals surface area contributed by atoms with Gasteiger partial charge in [0, 0.05) is 38.0 Å². The fourth-order valence-corrected chi connectivity index (χ4v) is 4.87. The topological polar surface area (TPSA) is 66.6 Å². The minimum Gasteiger partial charge on any atom is -0.342 e. The molecule has 0 aromatic heterocycles. The molecular formula is C19H34ClN3O2. The van der Waals surface area contributed by atoms with Crippen molar-refractivity contribution in [3.63, 3.8) is 0 Å². The van der Waals surface area contributed by atoms with Gasteiger partial charge in [-0.05, 0) is 56.9 Å². The molecule has 0 bridgehead atoms. The molecule has 1 unspecified atom stereocenters. The lowest BCUT2D eigenvalue weighted by Gasteiger charge is -2.38. The number of nitrogens with zero attached hydrogens (tertiary/aromatic N) is 2. The highest BCUT2D eigenvalue weighted by Crippen LogP contribution is 2.33. The highest BCUT2D eigenvalue weighted by atomic mass is 35.5. The van der Waals surface area contributed by atoms with Crippen LogP contribution in [-0.2, 0) is 9.59 Å². The van der Waals surface area contributed by atoms with E-state index in [1.165, 1.54) is 6.42 Å². The van der Waals surface area contributed by atoms with Crippen LogP contribution < -0.4 is 5.73 Å². The molecular weight excluding hydrogens is 338 g/mol. The van der Waals surface area contributed by atoms with E-state index in [1.54, 1.807) is 0 Å². The monoisotopic (exact) mass is 371 g/mol. The molecule has 0 radical (unpaired) electrons. The van der Waals surface area contributed by atoms with Crippen LogP contribution in [0.1, 0.15) is 51.9 Å². The van der Waals surface area contributed by atoms with E-state index in [-0.39, 0.29) is 24.2 Å². The van der Waals surface area contributed by atoms with Crippen LogP contribution in [0.5, 0.6) is 0 Å². The summed E-state index contributed by atoms with van der Waals surface area (Å²) < 4.78 is 0. The van der Waals surface area contributed by atoms with Crippen molar-refractivity contribution in [1.82, 2.24) is 9.80 Å². The van der Waals surface area contributed by atoms with Crippen molar-refractivity contribution in [2.24, 2.45) is 29.4 Å². The number of likely N-dealkylation sites (tertiary alicyclic amines) is 2. The second kappa shape index (κ2) is 9.22. The second-order valence-corrected chi connectivity index (χ2v) is 8.16. The molecule has 6 heteroatoms. The first-order chi connectivity index (χ1) is 11.6. The molecule has 2 N–H and O–H groups in total. The lowest BCUT2D eigenvalue weighted by atomic mass is 9.90. The van der Waals surface area contributed by atoms with Gasteiger partial charge in [0.2, 0.25) is 11.8 Å². The van der Waals surface area contributed by atoms with Crippen LogP contribution in [0.25, 0.3) is 0 Å². The van der Waals surface area contributed by atoms with Gasteiger partial charge in [-0.25, -0.2) is 0 Å². The predicted molar refractivity (Wildman–Crippen MR) is 101 cm³/mol. The van der Waals surface area contributed by atoms with Gasteiger partial charge in [0.25, 0.3) is 0 Å². The van der Waals surface area contributed by atoms with Crippen molar-refractivity contribution in [3.05, 3.63) is 0 Å². The number of halogens is 1. The summed E-state index contributed by atoms with van der Waals surface area (Å²) in [6.07, 6.45) is 7.23. The predicted octanol–water partition coefficient (Wildman–Crippen LogP) is 2.28. The summed E-state index contributed by atoms with van der Waals surface area (Å²) in [5.41, 5.74) is 5.83. The minimum absolute atomic E-state index is 0. The molecule has 5 nitrogen and oxygen atoms in total. The van der Waals surface area contributed by atoms with Crippen LogP contribution in [0.2, 0.25) is 0 Å². The van der Waals surface area contributed by atoms with Crippen LogP contribution >= 0.6 is 12.4 Å². The first-order valence-corrected chi connectivity index (χ1v) is 9.87. The van der Waals surface area contributed by atoms with Crippen LogP contribution in [0.4, 0.5) is 0 Å². The molecule has 0 aromatic carbocycles. The Bertz CT molecular complexity index is 466. The summed E-state index contributed by atoms with van der Waals surface area (Å²) in [6, 6.07) is 0. The minimum atomic E-state index is 0. The normalized spacial score (nSPS) is 30.9. The summed E-state index contributed by atoms with van der Waals surface area (Å²) in [6.45, 7) is 6.17. The van der Waals surface area contributed by atoms with Gasteiger partial charge in [-0.2, -0.15) is 0 Å². The van der Waals surface area contributed by atoms with Gasteiger partial charge < -0.3 is 15.5 Å². The summed E-state index contributed by atoms with van der Waals surface area (Å²) in [5.74, 6) is 1.86. The van der Waals surface area contributed by atoms with Crippen molar-refractivity contribution in [2.75, 3.05) is 32.7 Å². The molecule has 1 saturated carbocycles. The molecule has 3 rings (SSSR count). The van der Waals surface area contributed by atoms with E-state index in [0.29, 0.717) is 30.2 Å². The molecule has 2 saturated heterocycles. The van der Waals surface area contributed by atoms with E-state index in [9.17, 15) is 9.59 Å². The highest BCUT2D eigenvalue weighted by molar-refractivity contribution is 5.85. The van der Waals surface area contributed by atoms with Gasteiger partial charge in [0.15, 0.2) is 0 Å². The second-order valence-electron chi connectivity index (χ2n) is 8.16. The van der Waals surface area contributed by atoms with Crippen LogP contribution in [0.3, 0.4) is 0 Å². The number of hydrogen-bond donors (Lipinski definition) is 1. The number of nitrogens with two attached hydrogens (primary N) is 1. The number of amides is 2. The standard InChI is InChI=1S/C19H33N3O2.ClH/c1-14-4-3-9-22(13-14)18(23)15-7-10-21(11-8-15)19(24)17-6-2-5-16(17)12-20;/h14-17H,2-13,20H2,1H3;1H/t14?,16-,17-;/m1./s1. The zero-order chi connectivity index (χ0) is 17.1. The average Bonchev–Trinajstić information content (AvgIpc) is 3.09. The number of piperidine rings is 2. The Morgan fingerprint density at radius 3 is 2.28 bits per heavy atom. The van der Waals surface area contributed by atoms with E-state index >= 15 is 0 Å². The molecule has 3 aliphatic rings. The Morgan fingerprint density at radius 2 is 1.64 bits per heavy atom. The quantitative estimate of drug-likeness (QED) is 0.827. The summed E-state index contributed by atoms with van der Waals surface area (Å²) >= 11 is 0. The molecule has 3 fully saturated rings. The first-order valence-electron chi connectivity index (χ1n) is 9.87. The van der Waals surface area contributed by atoms with Gasteiger partial charge in [0.1, 0.15) is 0 Å². The van der Waals surface area contributed by atoms with Crippen molar-refractivity contribution < 1.29 is 9.59 Å².